The second kappa shape index (κ2) is 10.7. The fraction of sp³-hybridized carbons (Fsp3) is 0.696. The summed E-state index contributed by atoms with van der Waals surface area (Å²) < 4.78 is 36.3. The molecule has 1 aromatic rings. The lowest BCUT2D eigenvalue weighted by Crippen LogP contribution is -2.55. The lowest BCUT2D eigenvalue weighted by molar-refractivity contribution is -0.138. The number of hydrogen-bond acceptors (Lipinski definition) is 7. The van der Waals surface area contributed by atoms with Gasteiger partial charge in [0, 0.05) is 45.9 Å². The highest BCUT2D eigenvalue weighted by molar-refractivity contribution is 7.88. The van der Waals surface area contributed by atoms with Gasteiger partial charge in [0.05, 0.1) is 12.8 Å². The molecule has 33 heavy (non-hydrogen) atoms. The van der Waals surface area contributed by atoms with Gasteiger partial charge in [-0.15, -0.1) is 0 Å². The van der Waals surface area contributed by atoms with Crippen LogP contribution in [0.1, 0.15) is 24.0 Å². The van der Waals surface area contributed by atoms with Crippen LogP contribution >= 0.6 is 0 Å². The topological polar surface area (TPSA) is 99.6 Å². The molecular weight excluding hydrogens is 446 g/mol. The van der Waals surface area contributed by atoms with E-state index in [0.29, 0.717) is 51.3 Å². The Labute approximate surface area is 197 Å². The summed E-state index contributed by atoms with van der Waals surface area (Å²) in [6.07, 6.45) is 2.61. The van der Waals surface area contributed by atoms with Crippen LogP contribution in [0.25, 0.3) is 0 Å². The fourth-order valence-electron chi connectivity index (χ4n) is 4.58. The zero-order chi connectivity index (χ0) is 24.2. The number of nitrogens with zero attached hydrogens (tertiary/aromatic N) is 3. The van der Waals surface area contributed by atoms with Crippen molar-refractivity contribution >= 4 is 15.9 Å². The van der Waals surface area contributed by atoms with Crippen LogP contribution in [-0.4, -0.2) is 111 Å². The van der Waals surface area contributed by atoms with Crippen molar-refractivity contribution in [2.75, 3.05) is 65.8 Å². The third kappa shape index (κ3) is 6.89. The molecule has 10 heteroatoms. The molecule has 0 bridgehead atoms. The number of piperidine rings is 1. The van der Waals surface area contributed by atoms with Crippen LogP contribution in [0.3, 0.4) is 0 Å². The van der Waals surface area contributed by atoms with E-state index in [4.69, 9.17) is 9.47 Å². The number of β-amino-alcohol motifs (C(OH)–C–C–N with tert-alkyl or cyclic N) is 1. The first-order valence-electron chi connectivity index (χ1n) is 11.4. The second-order valence-corrected chi connectivity index (χ2v) is 11.4. The van der Waals surface area contributed by atoms with Crippen molar-refractivity contribution in [1.82, 2.24) is 14.1 Å². The first-order chi connectivity index (χ1) is 15.5. The van der Waals surface area contributed by atoms with Gasteiger partial charge in [0.15, 0.2) is 0 Å². The zero-order valence-electron chi connectivity index (χ0n) is 20.1. The van der Waals surface area contributed by atoms with Crippen LogP contribution < -0.4 is 4.74 Å². The third-order valence-electron chi connectivity index (χ3n) is 6.65. The molecule has 9 nitrogen and oxygen atoms in total. The van der Waals surface area contributed by atoms with Crippen molar-refractivity contribution in [2.45, 2.75) is 38.3 Å². The lowest BCUT2D eigenvalue weighted by Gasteiger charge is -2.39. The first kappa shape index (κ1) is 25.9. The molecule has 0 radical (unpaired) electrons. The van der Waals surface area contributed by atoms with Crippen molar-refractivity contribution in [1.29, 1.82) is 0 Å². The summed E-state index contributed by atoms with van der Waals surface area (Å²) in [5, 5.41) is 11.6. The van der Waals surface area contributed by atoms with Crippen molar-refractivity contribution in [3.8, 4) is 5.75 Å². The number of aryl methyl sites for hydroxylation is 2. The van der Waals surface area contributed by atoms with Crippen molar-refractivity contribution in [2.24, 2.45) is 0 Å². The molecule has 0 aromatic heterocycles. The molecule has 2 heterocycles. The number of hydrogen-bond donors (Lipinski definition) is 1. The van der Waals surface area contributed by atoms with E-state index in [1.165, 1.54) is 23.2 Å². The maximum Gasteiger partial charge on any atom is 0.248 e. The van der Waals surface area contributed by atoms with Gasteiger partial charge in [-0.25, -0.2) is 12.7 Å². The summed E-state index contributed by atoms with van der Waals surface area (Å²) in [6.45, 7) is 6.55. The van der Waals surface area contributed by atoms with Gasteiger partial charge in [0.2, 0.25) is 15.9 Å². The molecule has 1 atom stereocenters. The molecule has 2 aliphatic rings. The number of amides is 1. The van der Waals surface area contributed by atoms with Gasteiger partial charge in [0.25, 0.3) is 0 Å². The van der Waals surface area contributed by atoms with Crippen LogP contribution in [0.4, 0.5) is 0 Å². The minimum absolute atomic E-state index is 0.0408. The molecule has 0 spiro atoms. The quantitative estimate of drug-likeness (QED) is 0.607. The number of carbonyl (C=O) groups is 1. The number of rotatable bonds is 7. The number of methoxy groups -OCH3 is 1. The summed E-state index contributed by atoms with van der Waals surface area (Å²) >= 11 is 0. The summed E-state index contributed by atoms with van der Waals surface area (Å²) in [5.41, 5.74) is 1.00. The highest BCUT2D eigenvalue weighted by atomic mass is 32.2. The van der Waals surface area contributed by atoms with Gasteiger partial charge in [-0.3, -0.25) is 9.69 Å². The van der Waals surface area contributed by atoms with Crippen LogP contribution in [0, 0.1) is 13.8 Å². The van der Waals surface area contributed by atoms with Crippen LogP contribution in [0.15, 0.2) is 18.2 Å². The van der Waals surface area contributed by atoms with Gasteiger partial charge < -0.3 is 19.5 Å². The Kier molecular flexibility index (Phi) is 8.39. The Morgan fingerprint density at radius 3 is 2.42 bits per heavy atom. The maximum absolute atomic E-state index is 12.6. The normalized spacial score (nSPS) is 24.0. The molecule has 1 unspecified atom stereocenters. The maximum atomic E-state index is 12.6. The number of carbonyl (C=O) groups excluding carboxylic acids is 1. The predicted octanol–water partition coefficient (Wildman–Crippen LogP) is 0.628. The van der Waals surface area contributed by atoms with Crippen LogP contribution in [0.2, 0.25) is 0 Å². The summed E-state index contributed by atoms with van der Waals surface area (Å²) in [4.78, 5) is 16.4. The first-order valence-corrected chi connectivity index (χ1v) is 13.2. The van der Waals surface area contributed by atoms with E-state index in [9.17, 15) is 18.3 Å². The van der Waals surface area contributed by atoms with Gasteiger partial charge >= 0.3 is 0 Å². The van der Waals surface area contributed by atoms with Crippen molar-refractivity contribution in [3.05, 3.63) is 29.3 Å². The number of ether oxygens (including phenoxy) is 2. The molecule has 0 saturated carbocycles. The molecule has 2 fully saturated rings. The zero-order valence-corrected chi connectivity index (χ0v) is 20.9. The molecule has 186 valence electrons. The van der Waals surface area contributed by atoms with E-state index in [1.54, 1.807) is 4.90 Å². The van der Waals surface area contributed by atoms with Crippen molar-refractivity contribution in [3.63, 3.8) is 0 Å². The average Bonchev–Trinajstić information content (AvgIpc) is 2.94. The van der Waals surface area contributed by atoms with E-state index < -0.39 is 15.6 Å². The van der Waals surface area contributed by atoms with Crippen molar-refractivity contribution < 1.29 is 27.8 Å². The molecule has 2 saturated heterocycles. The molecule has 3 rings (SSSR count). The highest BCUT2D eigenvalue weighted by Crippen LogP contribution is 2.25. The Morgan fingerprint density at radius 2 is 1.82 bits per heavy atom. The highest BCUT2D eigenvalue weighted by Gasteiger charge is 2.40. The molecular formula is C23H37N3O6S. The summed E-state index contributed by atoms with van der Waals surface area (Å²) in [6, 6.07) is 5.95. The van der Waals surface area contributed by atoms with E-state index in [1.807, 2.05) is 32.0 Å². The van der Waals surface area contributed by atoms with Crippen LogP contribution in [0.5, 0.6) is 5.75 Å². The monoisotopic (exact) mass is 483 g/mol. The number of aliphatic hydroxyl groups is 1. The predicted molar refractivity (Wildman–Crippen MR) is 126 cm³/mol. The Hall–Kier alpha value is -1.72. The van der Waals surface area contributed by atoms with Gasteiger partial charge in [-0.05, 0) is 49.9 Å². The van der Waals surface area contributed by atoms with E-state index in [2.05, 4.69) is 4.90 Å². The van der Waals surface area contributed by atoms with Gasteiger partial charge in [0.1, 0.15) is 24.6 Å². The summed E-state index contributed by atoms with van der Waals surface area (Å²) in [5.74, 6) is 0.509. The largest absolute Gasteiger partial charge is 0.490 e. The molecule has 1 aromatic carbocycles. The Bertz CT molecular complexity index is 932. The molecule has 1 N–H and O–H groups in total. The molecule has 0 aliphatic carbocycles. The minimum atomic E-state index is -3.20. The SMILES string of the molecule is COCC(=O)N1CCN(C2CCN(S(C)(=O)=O)CC2)CC(O)(COc2ccc(C)c(C)c2)C1. The number of sulfonamides is 1. The minimum Gasteiger partial charge on any atom is -0.490 e. The lowest BCUT2D eigenvalue weighted by atomic mass is 10.00. The van der Waals surface area contributed by atoms with Gasteiger partial charge in [-0.1, -0.05) is 6.07 Å². The number of benzene rings is 1. The fourth-order valence-corrected chi connectivity index (χ4v) is 5.46. The smallest absolute Gasteiger partial charge is 0.248 e. The van der Waals surface area contributed by atoms with Crippen LogP contribution in [-0.2, 0) is 19.6 Å². The summed E-state index contributed by atoms with van der Waals surface area (Å²) in [7, 11) is -1.72. The Balaban J connectivity index is 1.74. The third-order valence-corrected chi connectivity index (χ3v) is 7.96. The average molecular weight is 484 g/mol. The molecule has 1 amide bonds. The standard InChI is InChI=1S/C23H37N3O6S/c1-18-5-6-21(13-19(18)2)32-17-23(28)15-24(11-12-25(16-23)22(27)14-31-3)20-7-9-26(10-8-20)33(4,29)30/h5-6,13,20,28H,7-12,14-17H2,1-4H3. The van der Waals surface area contributed by atoms with E-state index >= 15 is 0 Å². The Morgan fingerprint density at radius 1 is 1.12 bits per heavy atom. The van der Waals surface area contributed by atoms with E-state index in [0.717, 1.165) is 5.56 Å². The van der Waals surface area contributed by atoms with Gasteiger partial charge in [-0.2, -0.15) is 0 Å². The molecule has 2 aliphatic heterocycles. The second-order valence-electron chi connectivity index (χ2n) is 9.37. The van der Waals surface area contributed by atoms with E-state index in [-0.39, 0.29) is 31.7 Å².